The number of benzene rings is 1. The molecule has 0 saturated heterocycles. The normalized spacial score (nSPS) is 12.7. The fourth-order valence-electron chi connectivity index (χ4n) is 1.36. The highest BCUT2D eigenvalue weighted by Gasteiger charge is 2.17. The minimum absolute atomic E-state index is 0.0460. The van der Waals surface area contributed by atoms with Crippen LogP contribution in [-0.4, -0.2) is 23.1 Å². The van der Waals surface area contributed by atoms with Crippen molar-refractivity contribution in [2.24, 2.45) is 0 Å². The second kappa shape index (κ2) is 4.35. The first kappa shape index (κ1) is 13.5. The smallest absolute Gasteiger partial charge is 0.229 e. The fourth-order valence-corrected chi connectivity index (χ4v) is 3.48. The van der Waals surface area contributed by atoms with E-state index in [1.807, 2.05) is 0 Å². The summed E-state index contributed by atoms with van der Waals surface area (Å²) in [6.45, 7) is 1.54. The highest BCUT2D eigenvalue weighted by atomic mass is 35.7. The van der Waals surface area contributed by atoms with Gasteiger partial charge in [-0.1, -0.05) is 12.1 Å². The SMILES string of the molecule is Cc1c(CS(C)(=O)=O)cccc1S(=O)(=O)Cl. The van der Waals surface area contributed by atoms with Crippen LogP contribution in [-0.2, 0) is 24.6 Å². The highest BCUT2D eigenvalue weighted by Crippen LogP contribution is 2.23. The molecule has 4 nitrogen and oxygen atoms in total. The standard InChI is InChI=1S/C9H11ClO4S2/c1-7-8(6-15(2,11)12)4-3-5-9(7)16(10,13)14/h3-5H,6H2,1-2H3. The van der Waals surface area contributed by atoms with Crippen molar-refractivity contribution in [3.05, 3.63) is 29.3 Å². The first-order valence-corrected chi connectivity index (χ1v) is 8.69. The van der Waals surface area contributed by atoms with E-state index in [1.54, 1.807) is 6.07 Å². The summed E-state index contributed by atoms with van der Waals surface area (Å²) < 4.78 is 44.6. The largest absolute Gasteiger partial charge is 0.261 e. The van der Waals surface area contributed by atoms with E-state index in [0.717, 1.165) is 6.26 Å². The molecule has 0 spiro atoms. The summed E-state index contributed by atoms with van der Waals surface area (Å²) in [4.78, 5) is -0.0460. The van der Waals surface area contributed by atoms with Crippen molar-refractivity contribution < 1.29 is 16.8 Å². The Hall–Kier alpha value is -0.590. The van der Waals surface area contributed by atoms with Crippen LogP contribution in [0.2, 0.25) is 0 Å². The van der Waals surface area contributed by atoms with Crippen LogP contribution in [0.25, 0.3) is 0 Å². The molecular formula is C9H11ClO4S2. The average Bonchev–Trinajstić information content (AvgIpc) is 2.04. The van der Waals surface area contributed by atoms with Crippen molar-refractivity contribution in [2.75, 3.05) is 6.26 Å². The molecule has 0 fully saturated rings. The van der Waals surface area contributed by atoms with Crippen LogP contribution in [0.4, 0.5) is 0 Å². The average molecular weight is 283 g/mol. The van der Waals surface area contributed by atoms with Crippen LogP contribution in [0.1, 0.15) is 11.1 Å². The molecule has 0 atom stereocenters. The topological polar surface area (TPSA) is 68.3 Å². The van der Waals surface area contributed by atoms with Gasteiger partial charge in [0.15, 0.2) is 9.84 Å². The Morgan fingerprint density at radius 2 is 1.75 bits per heavy atom. The van der Waals surface area contributed by atoms with Crippen LogP contribution in [0.3, 0.4) is 0 Å². The molecule has 0 bridgehead atoms. The monoisotopic (exact) mass is 282 g/mol. The molecule has 0 aliphatic heterocycles. The van der Waals surface area contributed by atoms with Crippen molar-refractivity contribution in [1.29, 1.82) is 0 Å². The van der Waals surface area contributed by atoms with Gasteiger partial charge in [0, 0.05) is 16.9 Å². The molecule has 1 aromatic carbocycles. The van der Waals surface area contributed by atoms with Crippen molar-refractivity contribution in [2.45, 2.75) is 17.6 Å². The maximum absolute atomic E-state index is 11.2. The molecule has 0 radical (unpaired) electrons. The summed E-state index contributed by atoms with van der Waals surface area (Å²) in [6.07, 6.45) is 1.09. The molecule has 0 aliphatic carbocycles. The molecule has 16 heavy (non-hydrogen) atoms. The molecule has 7 heteroatoms. The maximum atomic E-state index is 11.2. The minimum atomic E-state index is -3.83. The Balaban J connectivity index is 3.36. The van der Waals surface area contributed by atoms with Gasteiger partial charge >= 0.3 is 0 Å². The van der Waals surface area contributed by atoms with E-state index in [-0.39, 0.29) is 10.6 Å². The van der Waals surface area contributed by atoms with Crippen LogP contribution in [0.5, 0.6) is 0 Å². The maximum Gasteiger partial charge on any atom is 0.261 e. The lowest BCUT2D eigenvalue weighted by molar-refractivity contribution is 0.599. The second-order valence-corrected chi connectivity index (χ2v) is 8.22. The molecular weight excluding hydrogens is 272 g/mol. The Bertz CT molecular complexity index is 602. The molecule has 0 heterocycles. The Labute approximate surface area is 99.6 Å². The molecule has 0 aromatic heterocycles. The quantitative estimate of drug-likeness (QED) is 0.787. The number of sulfone groups is 1. The van der Waals surface area contributed by atoms with Crippen molar-refractivity contribution in [1.82, 2.24) is 0 Å². The van der Waals surface area contributed by atoms with Gasteiger partial charge in [0.25, 0.3) is 9.05 Å². The van der Waals surface area contributed by atoms with Gasteiger partial charge in [-0.05, 0) is 24.1 Å². The zero-order chi connectivity index (χ0) is 12.6. The third-order valence-electron chi connectivity index (χ3n) is 2.08. The number of halogens is 1. The molecule has 0 N–H and O–H groups in total. The van der Waals surface area contributed by atoms with Gasteiger partial charge in [0.1, 0.15) is 0 Å². The number of hydrogen-bond donors (Lipinski definition) is 0. The van der Waals surface area contributed by atoms with Gasteiger partial charge in [-0.15, -0.1) is 0 Å². The van der Waals surface area contributed by atoms with E-state index < -0.39 is 18.9 Å². The van der Waals surface area contributed by atoms with Gasteiger partial charge < -0.3 is 0 Å². The van der Waals surface area contributed by atoms with E-state index in [0.29, 0.717) is 11.1 Å². The van der Waals surface area contributed by atoms with Gasteiger partial charge in [-0.25, -0.2) is 16.8 Å². The summed E-state index contributed by atoms with van der Waals surface area (Å²) in [7, 11) is -1.80. The lowest BCUT2D eigenvalue weighted by atomic mass is 10.1. The van der Waals surface area contributed by atoms with Crippen LogP contribution >= 0.6 is 10.7 Å². The van der Waals surface area contributed by atoms with E-state index in [4.69, 9.17) is 10.7 Å². The third-order valence-corrected chi connectivity index (χ3v) is 4.38. The summed E-state index contributed by atoms with van der Waals surface area (Å²) in [5.41, 5.74) is 0.826. The van der Waals surface area contributed by atoms with Crippen LogP contribution in [0.15, 0.2) is 23.1 Å². The first-order chi connectivity index (χ1) is 7.11. The minimum Gasteiger partial charge on any atom is -0.229 e. The zero-order valence-corrected chi connectivity index (χ0v) is 11.2. The van der Waals surface area contributed by atoms with Crippen molar-refractivity contribution in [3.8, 4) is 0 Å². The Morgan fingerprint density at radius 1 is 1.19 bits per heavy atom. The van der Waals surface area contributed by atoms with Gasteiger partial charge in [0.2, 0.25) is 0 Å². The number of rotatable bonds is 3. The fraction of sp³-hybridized carbons (Fsp3) is 0.333. The van der Waals surface area contributed by atoms with E-state index in [1.165, 1.54) is 19.1 Å². The highest BCUT2D eigenvalue weighted by molar-refractivity contribution is 8.13. The van der Waals surface area contributed by atoms with E-state index in [9.17, 15) is 16.8 Å². The van der Waals surface area contributed by atoms with Crippen molar-refractivity contribution in [3.63, 3.8) is 0 Å². The lowest BCUT2D eigenvalue weighted by Crippen LogP contribution is -2.05. The molecule has 0 amide bonds. The van der Waals surface area contributed by atoms with Crippen LogP contribution < -0.4 is 0 Å². The molecule has 1 aromatic rings. The molecule has 1 rings (SSSR count). The van der Waals surface area contributed by atoms with Gasteiger partial charge in [-0.2, -0.15) is 0 Å². The lowest BCUT2D eigenvalue weighted by Gasteiger charge is -2.07. The second-order valence-electron chi connectivity index (χ2n) is 3.55. The van der Waals surface area contributed by atoms with Crippen LogP contribution in [0, 0.1) is 6.92 Å². The Kier molecular flexibility index (Phi) is 3.66. The molecule has 90 valence electrons. The van der Waals surface area contributed by atoms with Crippen molar-refractivity contribution >= 4 is 29.6 Å². The van der Waals surface area contributed by atoms with Gasteiger partial charge in [0.05, 0.1) is 10.6 Å². The molecule has 0 saturated carbocycles. The van der Waals surface area contributed by atoms with E-state index >= 15 is 0 Å². The summed E-state index contributed by atoms with van der Waals surface area (Å²) in [6, 6.07) is 4.40. The predicted octanol–water partition coefficient (Wildman–Crippen LogP) is 1.47. The Morgan fingerprint density at radius 3 is 2.19 bits per heavy atom. The predicted molar refractivity (Wildman–Crippen MR) is 62.8 cm³/mol. The first-order valence-electron chi connectivity index (χ1n) is 4.32. The molecule has 0 unspecified atom stereocenters. The summed E-state index contributed by atoms with van der Waals surface area (Å²) in [5, 5.41) is 0. The van der Waals surface area contributed by atoms with E-state index in [2.05, 4.69) is 0 Å². The zero-order valence-electron chi connectivity index (χ0n) is 8.77. The summed E-state index contributed by atoms with van der Waals surface area (Å²) >= 11 is 0. The van der Waals surface area contributed by atoms with Gasteiger partial charge in [-0.3, -0.25) is 0 Å². The summed E-state index contributed by atoms with van der Waals surface area (Å²) in [5.74, 6) is -0.195. The number of hydrogen-bond acceptors (Lipinski definition) is 4. The molecule has 0 aliphatic rings. The third kappa shape index (κ3) is 3.47.